The number of halogens is 1. The molecule has 4 rings (SSSR count). The van der Waals surface area contributed by atoms with Crippen LogP contribution in [0.25, 0.3) is 0 Å². The number of methoxy groups -OCH3 is 1. The molecule has 1 aliphatic heterocycles. The fourth-order valence-corrected chi connectivity index (χ4v) is 4.66. The van der Waals surface area contributed by atoms with Crippen molar-refractivity contribution < 1.29 is 23.5 Å². The maximum absolute atomic E-state index is 14.1. The number of ether oxygens (including phenoxy) is 2. The van der Waals surface area contributed by atoms with E-state index in [-0.39, 0.29) is 29.5 Å². The molecule has 2 aliphatic rings. The van der Waals surface area contributed by atoms with Crippen molar-refractivity contribution in [3.63, 3.8) is 0 Å². The van der Waals surface area contributed by atoms with Crippen molar-refractivity contribution in [3.8, 4) is 5.75 Å². The molecule has 0 saturated heterocycles. The summed E-state index contributed by atoms with van der Waals surface area (Å²) >= 11 is 0. The van der Waals surface area contributed by atoms with E-state index >= 15 is 0 Å². The van der Waals surface area contributed by atoms with Gasteiger partial charge < -0.3 is 19.7 Å². The monoisotopic (exact) mass is 497 g/mol. The molecule has 7 nitrogen and oxygen atoms in total. The highest BCUT2D eigenvalue weighted by Crippen LogP contribution is 2.32. The van der Waals surface area contributed by atoms with Gasteiger partial charge >= 0.3 is 0 Å². The van der Waals surface area contributed by atoms with Crippen LogP contribution >= 0.6 is 0 Å². The fraction of sp³-hybridized carbons (Fsp3) is 0.500. The number of hydrogen-bond acceptors (Lipinski definition) is 5. The summed E-state index contributed by atoms with van der Waals surface area (Å²) in [5.74, 6) is -0.00579. The Kier molecular flexibility index (Phi) is 8.26. The molecule has 36 heavy (non-hydrogen) atoms. The molecule has 0 unspecified atom stereocenters. The van der Waals surface area contributed by atoms with Crippen molar-refractivity contribution in [1.82, 2.24) is 9.80 Å². The third-order valence-corrected chi connectivity index (χ3v) is 7.14. The Morgan fingerprint density at radius 3 is 2.61 bits per heavy atom. The zero-order chi connectivity index (χ0) is 25.8. The third kappa shape index (κ3) is 6.23. The van der Waals surface area contributed by atoms with Gasteiger partial charge in [0, 0.05) is 45.5 Å². The quantitative estimate of drug-likeness (QED) is 0.667. The molecule has 1 aliphatic carbocycles. The lowest BCUT2D eigenvalue weighted by molar-refractivity contribution is 0.00994. The number of benzene rings is 2. The van der Waals surface area contributed by atoms with Gasteiger partial charge in [-0.05, 0) is 61.9 Å². The molecular formula is C28H36FN3O4. The van der Waals surface area contributed by atoms with E-state index in [2.05, 4.69) is 24.1 Å². The lowest BCUT2D eigenvalue weighted by Gasteiger charge is -2.36. The van der Waals surface area contributed by atoms with Crippen molar-refractivity contribution >= 4 is 17.5 Å². The molecule has 1 N–H and O–H groups in total. The van der Waals surface area contributed by atoms with E-state index in [1.165, 1.54) is 31.0 Å². The highest BCUT2D eigenvalue weighted by molar-refractivity contribution is 6.05. The second kappa shape index (κ2) is 11.4. The summed E-state index contributed by atoms with van der Waals surface area (Å²) in [6.07, 6.45) is 2.42. The SMILES string of the molecule is CO[C@H]1CN(C)C(=O)c2cc(NC(=O)c3ccccc3F)ccc2OC[C@@H](C)N(CC2CC2)C[C@@H]1C. The minimum Gasteiger partial charge on any atom is -0.491 e. The van der Waals surface area contributed by atoms with Crippen LogP contribution in [0.15, 0.2) is 42.5 Å². The average molecular weight is 498 g/mol. The second-order valence-electron chi connectivity index (χ2n) is 10.1. The topological polar surface area (TPSA) is 71.1 Å². The Labute approximate surface area is 212 Å². The van der Waals surface area contributed by atoms with Crippen LogP contribution in [-0.4, -0.2) is 74.2 Å². The Morgan fingerprint density at radius 2 is 1.92 bits per heavy atom. The zero-order valence-corrected chi connectivity index (χ0v) is 21.5. The summed E-state index contributed by atoms with van der Waals surface area (Å²) in [7, 11) is 3.43. The highest BCUT2D eigenvalue weighted by atomic mass is 19.1. The molecule has 2 aromatic carbocycles. The Balaban J connectivity index is 1.61. The first-order valence-corrected chi connectivity index (χ1v) is 12.6. The number of likely N-dealkylation sites (N-methyl/N-ethyl adjacent to an activating group) is 1. The second-order valence-corrected chi connectivity index (χ2v) is 10.1. The summed E-state index contributed by atoms with van der Waals surface area (Å²) in [4.78, 5) is 30.2. The van der Waals surface area contributed by atoms with Gasteiger partial charge in [0.1, 0.15) is 18.2 Å². The number of amides is 2. The van der Waals surface area contributed by atoms with Crippen molar-refractivity contribution in [1.29, 1.82) is 0 Å². The van der Waals surface area contributed by atoms with Crippen LogP contribution in [0.1, 0.15) is 47.4 Å². The first kappa shape index (κ1) is 26.1. The van der Waals surface area contributed by atoms with Crippen LogP contribution in [-0.2, 0) is 4.74 Å². The maximum Gasteiger partial charge on any atom is 0.258 e. The van der Waals surface area contributed by atoms with Crippen LogP contribution in [0.2, 0.25) is 0 Å². The van der Waals surface area contributed by atoms with Gasteiger partial charge in [0.05, 0.1) is 17.2 Å². The van der Waals surface area contributed by atoms with Crippen molar-refractivity contribution in [2.75, 3.05) is 45.7 Å². The van der Waals surface area contributed by atoms with Gasteiger partial charge in [-0.1, -0.05) is 19.1 Å². The molecule has 8 heteroatoms. The molecule has 2 amide bonds. The average Bonchev–Trinajstić information content (AvgIpc) is 3.69. The molecule has 1 fully saturated rings. The highest BCUT2D eigenvalue weighted by Gasteiger charge is 2.31. The predicted octanol–water partition coefficient (Wildman–Crippen LogP) is 4.29. The minimum atomic E-state index is -0.607. The minimum absolute atomic E-state index is 0.0635. The number of hydrogen-bond donors (Lipinski definition) is 1. The van der Waals surface area contributed by atoms with Crippen LogP contribution in [0.5, 0.6) is 5.75 Å². The number of anilines is 1. The third-order valence-electron chi connectivity index (χ3n) is 7.14. The van der Waals surface area contributed by atoms with Gasteiger partial charge in [0.2, 0.25) is 0 Å². The number of carbonyl (C=O) groups excluding carboxylic acids is 2. The number of nitrogens with one attached hydrogen (secondary N) is 1. The molecule has 0 bridgehead atoms. The summed E-state index contributed by atoms with van der Waals surface area (Å²) in [6, 6.07) is 10.9. The Bertz CT molecular complexity index is 1090. The van der Waals surface area contributed by atoms with E-state index in [1.807, 2.05) is 0 Å². The predicted molar refractivity (Wildman–Crippen MR) is 137 cm³/mol. The van der Waals surface area contributed by atoms with E-state index in [1.54, 1.807) is 43.3 Å². The standard InChI is InChI=1S/C28H36FN3O4/c1-18-14-32(15-20-9-10-20)19(2)17-36-25-12-11-21(30-27(33)22-7-5-6-8-24(22)29)13-23(25)28(34)31(3)16-26(18)35-4/h5-8,11-13,18-20,26H,9-10,14-17H2,1-4H3,(H,30,33)/t18-,19+,26-/m0/s1. The molecule has 1 heterocycles. The number of fused-ring (bicyclic) bond motifs is 1. The van der Waals surface area contributed by atoms with Gasteiger partial charge in [0.25, 0.3) is 11.8 Å². The zero-order valence-electron chi connectivity index (χ0n) is 21.5. The number of rotatable bonds is 5. The summed E-state index contributed by atoms with van der Waals surface area (Å²) < 4.78 is 26.1. The first-order chi connectivity index (χ1) is 17.3. The van der Waals surface area contributed by atoms with E-state index < -0.39 is 11.7 Å². The summed E-state index contributed by atoms with van der Waals surface area (Å²) in [6.45, 7) is 7.08. The smallest absolute Gasteiger partial charge is 0.258 e. The fourth-order valence-electron chi connectivity index (χ4n) is 4.66. The van der Waals surface area contributed by atoms with Crippen LogP contribution in [0.4, 0.5) is 10.1 Å². The van der Waals surface area contributed by atoms with E-state index in [0.717, 1.165) is 19.0 Å². The van der Waals surface area contributed by atoms with E-state index in [9.17, 15) is 14.0 Å². The van der Waals surface area contributed by atoms with E-state index in [0.29, 0.717) is 30.2 Å². The van der Waals surface area contributed by atoms with Gasteiger partial charge in [-0.15, -0.1) is 0 Å². The van der Waals surface area contributed by atoms with Crippen molar-refractivity contribution in [2.45, 2.75) is 38.8 Å². The summed E-state index contributed by atoms with van der Waals surface area (Å²) in [5, 5.41) is 2.70. The molecule has 0 aromatic heterocycles. The number of nitrogens with zero attached hydrogens (tertiary/aromatic N) is 2. The van der Waals surface area contributed by atoms with Gasteiger partial charge in [0.15, 0.2) is 0 Å². The van der Waals surface area contributed by atoms with Crippen LogP contribution < -0.4 is 10.1 Å². The molecule has 3 atom stereocenters. The summed E-state index contributed by atoms with van der Waals surface area (Å²) in [5.41, 5.74) is 0.666. The maximum atomic E-state index is 14.1. The molecular weight excluding hydrogens is 461 g/mol. The lowest BCUT2D eigenvalue weighted by atomic mass is 10.0. The molecule has 0 radical (unpaired) electrons. The first-order valence-electron chi connectivity index (χ1n) is 12.6. The molecule has 2 aromatic rings. The Morgan fingerprint density at radius 1 is 1.17 bits per heavy atom. The Hall–Kier alpha value is -2.97. The normalized spacial score (nSPS) is 23.8. The molecule has 194 valence electrons. The van der Waals surface area contributed by atoms with E-state index in [4.69, 9.17) is 9.47 Å². The van der Waals surface area contributed by atoms with Crippen LogP contribution in [0, 0.1) is 17.7 Å². The van der Waals surface area contributed by atoms with Crippen molar-refractivity contribution in [3.05, 3.63) is 59.4 Å². The lowest BCUT2D eigenvalue weighted by Crippen LogP contribution is -2.47. The number of carbonyl (C=O) groups is 2. The largest absolute Gasteiger partial charge is 0.491 e. The van der Waals surface area contributed by atoms with Gasteiger partial charge in [-0.2, -0.15) is 0 Å². The molecule has 1 saturated carbocycles. The van der Waals surface area contributed by atoms with Gasteiger partial charge in [-0.25, -0.2) is 4.39 Å². The van der Waals surface area contributed by atoms with Crippen LogP contribution in [0.3, 0.4) is 0 Å². The van der Waals surface area contributed by atoms with Crippen molar-refractivity contribution in [2.24, 2.45) is 11.8 Å². The van der Waals surface area contributed by atoms with Gasteiger partial charge in [-0.3, -0.25) is 14.5 Å². The molecule has 0 spiro atoms.